The monoisotopic (exact) mass is 231 g/mol. The summed E-state index contributed by atoms with van der Waals surface area (Å²) >= 11 is 5.87. The number of thiol groups is 1. The van der Waals surface area contributed by atoms with Gasteiger partial charge in [0.15, 0.2) is 0 Å². The fraction of sp³-hybridized carbons (Fsp3) is 0. The largest absolute Gasteiger partial charge is 0.353 e. The molecule has 1 aliphatic rings. The van der Waals surface area contributed by atoms with Crippen molar-refractivity contribution in [3.8, 4) is 0 Å². The van der Waals surface area contributed by atoms with Crippen molar-refractivity contribution < 1.29 is 0 Å². The number of rotatable bonds is 0. The average Bonchev–Trinajstić information content (AvgIpc) is 2.26. The molecule has 1 radical (unpaired) electrons. The predicted octanol–water partition coefficient (Wildman–Crippen LogP) is 3.38. The lowest BCUT2D eigenvalue weighted by molar-refractivity contribution is 1.08. The molecule has 1 aromatic heterocycles. The highest BCUT2D eigenvalue weighted by Crippen LogP contribution is 2.43. The molecule has 2 aromatic rings. The molecule has 0 amide bonds. The Kier molecular flexibility index (Phi) is 2.11. The van der Waals surface area contributed by atoms with Crippen LogP contribution in [0.1, 0.15) is 0 Å². The van der Waals surface area contributed by atoms with Gasteiger partial charge in [-0.1, -0.05) is 23.9 Å². The van der Waals surface area contributed by atoms with Gasteiger partial charge >= 0.3 is 0 Å². The molecule has 0 bridgehead atoms. The van der Waals surface area contributed by atoms with Gasteiger partial charge in [0, 0.05) is 17.2 Å². The van der Waals surface area contributed by atoms with Crippen molar-refractivity contribution in [2.24, 2.45) is 0 Å². The maximum atomic E-state index is 4.17. The summed E-state index contributed by atoms with van der Waals surface area (Å²) < 4.78 is 0. The highest BCUT2D eigenvalue weighted by Gasteiger charge is 2.15. The van der Waals surface area contributed by atoms with Crippen LogP contribution >= 0.6 is 24.4 Å². The van der Waals surface area contributed by atoms with E-state index in [1.165, 1.54) is 4.90 Å². The van der Waals surface area contributed by atoms with Crippen LogP contribution in [0.15, 0.2) is 45.3 Å². The van der Waals surface area contributed by atoms with E-state index in [1.54, 1.807) is 11.8 Å². The normalized spacial score (nSPS) is 12.6. The van der Waals surface area contributed by atoms with E-state index in [-0.39, 0.29) is 0 Å². The van der Waals surface area contributed by atoms with Gasteiger partial charge in [-0.15, -0.1) is 12.6 Å². The second-order valence-corrected chi connectivity index (χ2v) is 4.68. The molecule has 2 nitrogen and oxygen atoms in total. The minimum atomic E-state index is 0.612. The second kappa shape index (κ2) is 3.47. The van der Waals surface area contributed by atoms with E-state index in [0.29, 0.717) is 5.03 Å². The third-order valence-electron chi connectivity index (χ3n) is 2.15. The van der Waals surface area contributed by atoms with E-state index in [0.717, 1.165) is 16.3 Å². The molecule has 0 fully saturated rings. The van der Waals surface area contributed by atoms with E-state index in [2.05, 4.69) is 41.1 Å². The van der Waals surface area contributed by atoms with Crippen LogP contribution in [0.5, 0.6) is 0 Å². The maximum absolute atomic E-state index is 4.17. The Morgan fingerprint density at radius 1 is 1.27 bits per heavy atom. The molecule has 0 atom stereocenters. The van der Waals surface area contributed by atoms with Crippen LogP contribution in [-0.4, -0.2) is 4.98 Å². The van der Waals surface area contributed by atoms with Crippen molar-refractivity contribution in [1.82, 2.24) is 4.98 Å². The van der Waals surface area contributed by atoms with Crippen molar-refractivity contribution in [3.05, 3.63) is 36.5 Å². The maximum Gasteiger partial charge on any atom is 0.103 e. The molecule has 15 heavy (non-hydrogen) atoms. The summed E-state index contributed by atoms with van der Waals surface area (Å²) in [5.74, 6) is 0. The quantitative estimate of drug-likeness (QED) is 0.580. The summed E-state index contributed by atoms with van der Waals surface area (Å²) in [6, 6.07) is 11.3. The molecule has 1 N–H and O–H groups in total. The zero-order chi connectivity index (χ0) is 10.3. The van der Waals surface area contributed by atoms with Crippen LogP contribution in [0.3, 0.4) is 0 Å². The van der Waals surface area contributed by atoms with Crippen LogP contribution in [0.2, 0.25) is 0 Å². The lowest BCUT2D eigenvalue weighted by Crippen LogP contribution is -2.00. The molecule has 1 aromatic carbocycles. The molecule has 1 aliphatic heterocycles. The highest BCUT2D eigenvalue weighted by molar-refractivity contribution is 7.99. The Bertz CT molecular complexity index is 526. The van der Waals surface area contributed by atoms with E-state index >= 15 is 0 Å². The number of aromatic nitrogens is 1. The van der Waals surface area contributed by atoms with Gasteiger partial charge in [-0.2, -0.15) is 0 Å². The van der Waals surface area contributed by atoms with Crippen LogP contribution in [0.25, 0.3) is 0 Å². The summed E-state index contributed by atoms with van der Waals surface area (Å²) in [5.41, 5.74) is 2.07. The van der Waals surface area contributed by atoms with Gasteiger partial charge in [0.25, 0.3) is 0 Å². The molecular formula is C11H7N2S2. The first-order valence-corrected chi connectivity index (χ1v) is 5.74. The van der Waals surface area contributed by atoms with E-state index in [9.17, 15) is 0 Å². The van der Waals surface area contributed by atoms with Gasteiger partial charge in [0.1, 0.15) is 5.03 Å². The molecule has 3 rings (SSSR count). The number of nitrogens with one attached hydrogen (secondary N) is 1. The molecule has 4 heteroatoms. The Morgan fingerprint density at radius 2 is 2.13 bits per heavy atom. The number of anilines is 2. The molecule has 0 saturated carbocycles. The van der Waals surface area contributed by atoms with Gasteiger partial charge in [-0.05, 0) is 12.1 Å². The Hall–Kier alpha value is -1.13. The molecule has 2 heterocycles. The van der Waals surface area contributed by atoms with Crippen LogP contribution < -0.4 is 5.32 Å². The van der Waals surface area contributed by atoms with Gasteiger partial charge < -0.3 is 5.32 Å². The lowest BCUT2D eigenvalue weighted by Gasteiger charge is -2.19. The van der Waals surface area contributed by atoms with Gasteiger partial charge in [0.05, 0.1) is 16.3 Å². The number of hydrogen-bond acceptors (Lipinski definition) is 4. The number of pyridine rings is 1. The smallest absolute Gasteiger partial charge is 0.103 e. The second-order valence-electron chi connectivity index (χ2n) is 3.17. The van der Waals surface area contributed by atoms with Gasteiger partial charge in [-0.25, -0.2) is 4.98 Å². The summed E-state index contributed by atoms with van der Waals surface area (Å²) in [4.78, 5) is 6.42. The number of para-hydroxylation sites is 1. The number of hydrogen-bond donors (Lipinski definition) is 2. The molecule has 0 unspecified atom stereocenters. The molecule has 0 aliphatic carbocycles. The SMILES string of the molecule is Sc1[c]c2c(cn1)Sc1ccccc1N2. The van der Waals surface area contributed by atoms with E-state index < -0.39 is 0 Å². The van der Waals surface area contributed by atoms with Crippen molar-refractivity contribution in [1.29, 1.82) is 0 Å². The molecular weight excluding hydrogens is 224 g/mol. The summed E-state index contributed by atoms with van der Waals surface area (Å²) in [6.45, 7) is 0. The summed E-state index contributed by atoms with van der Waals surface area (Å²) in [5, 5.41) is 3.93. The minimum Gasteiger partial charge on any atom is -0.353 e. The highest BCUT2D eigenvalue weighted by atomic mass is 32.2. The summed E-state index contributed by atoms with van der Waals surface area (Å²) in [6.07, 6.45) is 1.82. The van der Waals surface area contributed by atoms with Crippen LogP contribution in [0, 0.1) is 6.07 Å². The Morgan fingerprint density at radius 3 is 3.07 bits per heavy atom. The first-order chi connectivity index (χ1) is 7.33. The van der Waals surface area contributed by atoms with Crippen molar-refractivity contribution >= 4 is 35.8 Å². The van der Waals surface area contributed by atoms with Gasteiger partial charge in [0.2, 0.25) is 0 Å². The fourth-order valence-corrected chi connectivity index (χ4v) is 2.56. The first-order valence-electron chi connectivity index (χ1n) is 4.48. The van der Waals surface area contributed by atoms with Gasteiger partial charge in [-0.3, -0.25) is 0 Å². The number of nitrogens with zero attached hydrogens (tertiary/aromatic N) is 1. The summed E-state index contributed by atoms with van der Waals surface area (Å²) in [7, 11) is 0. The predicted molar refractivity (Wildman–Crippen MR) is 64.2 cm³/mol. The van der Waals surface area contributed by atoms with Crippen molar-refractivity contribution in [3.63, 3.8) is 0 Å². The zero-order valence-electron chi connectivity index (χ0n) is 7.69. The van der Waals surface area contributed by atoms with Crippen LogP contribution in [0.4, 0.5) is 11.4 Å². The lowest BCUT2D eigenvalue weighted by atomic mass is 10.3. The standard InChI is InChI=1S/C11H7N2S2/c14-11-5-8-10(6-12-11)15-9-4-2-1-3-7(9)13-8/h1-4,6,13H,(H,12,14). The molecule has 0 saturated heterocycles. The zero-order valence-corrected chi connectivity index (χ0v) is 9.40. The number of benzene rings is 1. The number of fused-ring (bicyclic) bond motifs is 2. The van der Waals surface area contributed by atoms with Crippen molar-refractivity contribution in [2.75, 3.05) is 5.32 Å². The average molecular weight is 231 g/mol. The first kappa shape index (κ1) is 9.12. The minimum absolute atomic E-state index is 0.612. The third kappa shape index (κ3) is 1.60. The van der Waals surface area contributed by atoms with E-state index in [4.69, 9.17) is 0 Å². The van der Waals surface area contributed by atoms with E-state index in [1.807, 2.05) is 18.3 Å². The third-order valence-corrected chi connectivity index (χ3v) is 3.49. The fourth-order valence-electron chi connectivity index (χ4n) is 1.47. The molecule has 0 spiro atoms. The van der Waals surface area contributed by atoms with Crippen molar-refractivity contribution in [2.45, 2.75) is 14.8 Å². The Labute approximate surface area is 97.5 Å². The topological polar surface area (TPSA) is 24.9 Å². The Balaban J connectivity index is 2.11. The molecule has 73 valence electrons. The van der Waals surface area contributed by atoms with Crippen LogP contribution in [-0.2, 0) is 0 Å².